The highest BCUT2D eigenvalue weighted by atomic mass is 32.2. The molecule has 0 spiro atoms. The van der Waals surface area contributed by atoms with Gasteiger partial charge >= 0.3 is 0 Å². The van der Waals surface area contributed by atoms with Crippen LogP contribution in [0.1, 0.15) is 0 Å². The fourth-order valence-electron chi connectivity index (χ4n) is 3.67. The number of ether oxygens (including phenoxy) is 1. The largest absolute Gasteiger partial charge is 0.497 e. The van der Waals surface area contributed by atoms with Crippen molar-refractivity contribution in [1.82, 2.24) is 15.2 Å². The molecule has 1 aliphatic carbocycles. The summed E-state index contributed by atoms with van der Waals surface area (Å²) in [6.45, 7) is 0. The number of benzene rings is 2. The summed E-state index contributed by atoms with van der Waals surface area (Å²) in [7, 11) is 1.64. The van der Waals surface area contributed by atoms with Gasteiger partial charge in [-0.2, -0.15) is 0 Å². The average Bonchev–Trinajstić information content (AvgIpc) is 3.30. The monoisotopic (exact) mass is 448 g/mol. The Hall–Kier alpha value is -2.97. The van der Waals surface area contributed by atoms with E-state index < -0.39 is 0 Å². The number of nitrogens with one attached hydrogen (secondary N) is 1. The van der Waals surface area contributed by atoms with E-state index in [4.69, 9.17) is 4.74 Å². The summed E-state index contributed by atoms with van der Waals surface area (Å²) in [6.07, 6.45) is 8.33. The summed E-state index contributed by atoms with van der Waals surface area (Å²) in [5, 5.41) is 8.00. The van der Waals surface area contributed by atoms with Crippen molar-refractivity contribution < 1.29 is 9.53 Å². The van der Waals surface area contributed by atoms with E-state index in [0.717, 1.165) is 21.9 Å². The molecule has 0 unspecified atom stereocenters. The predicted molar refractivity (Wildman–Crippen MR) is 125 cm³/mol. The predicted octanol–water partition coefficient (Wildman–Crippen LogP) is 4.57. The standard InChI is InChI=1S/C23H20N4O2S2/c1-29-16-12-10-15(11-13-16)22-24-23(26-25-22)30-14-21(28)27-17-6-2-4-8-19(17)31-20-9-5-3-7-18(20)27/h2-13,17,19H,14H2,1H3,(H,24,25,26)/t17-,19+/m1/s1. The van der Waals surface area contributed by atoms with Gasteiger partial charge in [0.2, 0.25) is 11.1 Å². The molecule has 0 saturated carbocycles. The highest BCUT2D eigenvalue weighted by molar-refractivity contribution is 8.00. The van der Waals surface area contributed by atoms with Crippen molar-refractivity contribution in [3.05, 3.63) is 72.8 Å². The van der Waals surface area contributed by atoms with Crippen LogP contribution in [0.5, 0.6) is 5.75 Å². The van der Waals surface area contributed by atoms with Gasteiger partial charge in [0.05, 0.1) is 29.8 Å². The van der Waals surface area contributed by atoms with Crippen molar-refractivity contribution in [3.63, 3.8) is 0 Å². The summed E-state index contributed by atoms with van der Waals surface area (Å²) in [6, 6.07) is 15.7. The quantitative estimate of drug-likeness (QED) is 0.577. The molecule has 1 aromatic heterocycles. The number of amides is 1. The molecule has 8 heteroatoms. The van der Waals surface area contributed by atoms with Gasteiger partial charge in [0.15, 0.2) is 5.82 Å². The van der Waals surface area contributed by atoms with E-state index in [9.17, 15) is 4.79 Å². The number of aromatic nitrogens is 3. The number of fused-ring (bicyclic) bond motifs is 2. The number of carbonyl (C=O) groups is 1. The van der Waals surface area contributed by atoms with Crippen LogP contribution in [0.4, 0.5) is 5.69 Å². The van der Waals surface area contributed by atoms with Gasteiger partial charge in [-0.05, 0) is 36.4 Å². The van der Waals surface area contributed by atoms with Gasteiger partial charge in [0.25, 0.3) is 0 Å². The van der Waals surface area contributed by atoms with Crippen LogP contribution in [-0.2, 0) is 4.79 Å². The Kier molecular flexibility index (Phi) is 5.57. The van der Waals surface area contributed by atoms with Crippen LogP contribution in [0.15, 0.2) is 82.9 Å². The number of hydrogen-bond donors (Lipinski definition) is 1. The van der Waals surface area contributed by atoms with Crippen molar-refractivity contribution in [2.45, 2.75) is 21.3 Å². The number of carbonyl (C=O) groups excluding carboxylic acids is 1. The second-order valence-corrected chi connectivity index (χ2v) is 9.22. The summed E-state index contributed by atoms with van der Waals surface area (Å²) in [4.78, 5) is 20.9. The average molecular weight is 449 g/mol. The van der Waals surface area contributed by atoms with Gasteiger partial charge in [-0.1, -0.05) is 48.2 Å². The summed E-state index contributed by atoms with van der Waals surface area (Å²) < 4.78 is 5.19. The minimum absolute atomic E-state index is 0.0139. The molecule has 2 aliphatic rings. The Labute approximate surface area is 188 Å². The van der Waals surface area contributed by atoms with Crippen molar-refractivity contribution in [1.29, 1.82) is 0 Å². The number of rotatable bonds is 5. The molecule has 1 N–H and O–H groups in total. The molecule has 156 valence electrons. The number of hydrogen-bond acceptors (Lipinski definition) is 6. The van der Waals surface area contributed by atoms with Crippen LogP contribution < -0.4 is 9.64 Å². The minimum Gasteiger partial charge on any atom is -0.497 e. The topological polar surface area (TPSA) is 71.1 Å². The second kappa shape index (κ2) is 8.64. The van der Waals surface area contributed by atoms with Crippen molar-refractivity contribution in [3.8, 4) is 17.1 Å². The lowest BCUT2D eigenvalue weighted by molar-refractivity contribution is -0.116. The third kappa shape index (κ3) is 4.00. The first-order valence-corrected chi connectivity index (χ1v) is 11.7. The van der Waals surface area contributed by atoms with Gasteiger partial charge in [-0.25, -0.2) is 4.98 Å². The van der Waals surface area contributed by atoms with Crippen molar-refractivity contribution >= 4 is 35.1 Å². The lowest BCUT2D eigenvalue weighted by Crippen LogP contribution is -2.48. The molecule has 5 rings (SSSR count). The first kappa shape index (κ1) is 20.0. The summed E-state index contributed by atoms with van der Waals surface area (Å²) in [5.41, 5.74) is 1.88. The van der Waals surface area contributed by atoms with E-state index in [-0.39, 0.29) is 23.0 Å². The van der Waals surface area contributed by atoms with E-state index in [0.29, 0.717) is 11.0 Å². The lowest BCUT2D eigenvalue weighted by atomic mass is 10.0. The number of allylic oxidation sites excluding steroid dienone is 2. The van der Waals surface area contributed by atoms with Crippen LogP contribution in [0.25, 0.3) is 11.4 Å². The van der Waals surface area contributed by atoms with E-state index in [1.165, 1.54) is 11.8 Å². The van der Waals surface area contributed by atoms with Gasteiger partial charge in [0, 0.05) is 10.5 Å². The van der Waals surface area contributed by atoms with Gasteiger partial charge in [-0.15, -0.1) is 16.9 Å². The normalized spacial score (nSPS) is 19.1. The number of aromatic amines is 1. The molecule has 6 nitrogen and oxygen atoms in total. The molecule has 0 radical (unpaired) electrons. The van der Waals surface area contributed by atoms with Crippen LogP contribution >= 0.6 is 23.5 Å². The molecule has 1 aliphatic heterocycles. The maximum Gasteiger partial charge on any atom is 0.238 e. The first-order valence-electron chi connectivity index (χ1n) is 9.85. The summed E-state index contributed by atoms with van der Waals surface area (Å²) in [5.74, 6) is 1.76. The number of H-pyrrole nitrogens is 1. The minimum atomic E-state index is 0.0139. The van der Waals surface area contributed by atoms with Crippen molar-refractivity contribution in [2.75, 3.05) is 17.8 Å². The van der Waals surface area contributed by atoms with E-state index in [1.807, 2.05) is 59.5 Å². The Balaban J connectivity index is 1.32. The molecule has 0 fully saturated rings. The Bertz CT molecular complexity index is 1160. The fraction of sp³-hybridized carbons (Fsp3) is 0.174. The maximum atomic E-state index is 13.3. The molecule has 0 saturated heterocycles. The molecule has 2 aromatic carbocycles. The zero-order valence-corrected chi connectivity index (χ0v) is 18.4. The molecule has 2 heterocycles. The number of anilines is 1. The molecular formula is C23H20N4O2S2. The first-order chi connectivity index (χ1) is 15.2. The zero-order valence-electron chi connectivity index (χ0n) is 16.8. The van der Waals surface area contributed by atoms with E-state index in [1.54, 1.807) is 18.9 Å². The molecule has 31 heavy (non-hydrogen) atoms. The van der Waals surface area contributed by atoms with Crippen molar-refractivity contribution in [2.24, 2.45) is 0 Å². The second-order valence-electron chi connectivity index (χ2n) is 7.06. The zero-order chi connectivity index (χ0) is 21.2. The van der Waals surface area contributed by atoms with Crippen LogP contribution in [-0.4, -0.2) is 45.2 Å². The molecule has 1 amide bonds. The van der Waals surface area contributed by atoms with E-state index in [2.05, 4.69) is 33.4 Å². The third-order valence-electron chi connectivity index (χ3n) is 5.16. The highest BCUT2D eigenvalue weighted by Crippen LogP contribution is 2.43. The van der Waals surface area contributed by atoms with Gasteiger partial charge in [-0.3, -0.25) is 9.89 Å². The van der Waals surface area contributed by atoms with E-state index >= 15 is 0 Å². The van der Waals surface area contributed by atoms with Crippen LogP contribution in [0, 0.1) is 0 Å². The fourth-order valence-corrected chi connectivity index (χ4v) is 5.58. The number of nitrogens with zero attached hydrogens (tertiary/aromatic N) is 3. The van der Waals surface area contributed by atoms with Crippen LogP contribution in [0.3, 0.4) is 0 Å². The number of methoxy groups -OCH3 is 1. The highest BCUT2D eigenvalue weighted by Gasteiger charge is 2.36. The molecule has 2 atom stereocenters. The SMILES string of the molecule is COc1ccc(-c2nc(SCC(=O)N3c4ccccc4S[C@H]4C=CC=C[C@H]43)n[nH]2)cc1. The van der Waals surface area contributed by atoms with Crippen LogP contribution in [0.2, 0.25) is 0 Å². The smallest absolute Gasteiger partial charge is 0.238 e. The maximum absolute atomic E-state index is 13.3. The van der Waals surface area contributed by atoms with Gasteiger partial charge < -0.3 is 9.64 Å². The summed E-state index contributed by atoms with van der Waals surface area (Å²) >= 11 is 3.14. The molecule has 3 aromatic rings. The third-order valence-corrected chi connectivity index (χ3v) is 7.30. The Morgan fingerprint density at radius 3 is 2.81 bits per heavy atom. The van der Waals surface area contributed by atoms with Gasteiger partial charge in [0.1, 0.15) is 5.75 Å². The number of thioether (sulfide) groups is 2. The Morgan fingerprint density at radius 1 is 1.16 bits per heavy atom. The number of para-hydroxylation sites is 1. The Morgan fingerprint density at radius 2 is 1.97 bits per heavy atom. The lowest BCUT2D eigenvalue weighted by Gasteiger charge is -2.40. The molecular weight excluding hydrogens is 428 g/mol. The molecule has 0 bridgehead atoms.